The molecule has 1 amide bonds. The lowest BCUT2D eigenvalue weighted by atomic mass is 10.2. The summed E-state index contributed by atoms with van der Waals surface area (Å²) in [7, 11) is 1.40. The van der Waals surface area contributed by atoms with E-state index in [2.05, 4.69) is 15.2 Å². The molecule has 0 radical (unpaired) electrons. The number of aromatic nitrogens is 1. The number of piperazine rings is 1. The number of carbonyl (C=O) groups is 1. The van der Waals surface area contributed by atoms with Crippen LogP contribution in [0.5, 0.6) is 5.75 Å². The number of benzene rings is 1. The fourth-order valence-corrected chi connectivity index (χ4v) is 3.32. The molecule has 32 heavy (non-hydrogen) atoms. The maximum absolute atomic E-state index is 12.7. The number of ether oxygens (including phenoxy) is 1. The van der Waals surface area contributed by atoms with E-state index < -0.39 is 16.7 Å². The molecule has 1 fully saturated rings. The first-order valence-corrected chi connectivity index (χ1v) is 9.80. The Morgan fingerprint density at radius 3 is 2.50 bits per heavy atom. The number of amides is 1. The van der Waals surface area contributed by atoms with E-state index in [0.29, 0.717) is 44.3 Å². The number of hydrogen-bond donors (Lipinski definition) is 1. The third-order valence-corrected chi connectivity index (χ3v) is 5.09. The lowest BCUT2D eigenvalue weighted by molar-refractivity contribution is -0.384. The molecule has 12 heteroatoms. The molecule has 0 atom stereocenters. The Morgan fingerprint density at radius 2 is 1.94 bits per heavy atom. The molecule has 0 spiro atoms. The predicted molar refractivity (Wildman–Crippen MR) is 111 cm³/mol. The summed E-state index contributed by atoms with van der Waals surface area (Å²) in [6.07, 6.45) is -3.42. The van der Waals surface area contributed by atoms with Crippen LogP contribution in [-0.2, 0) is 11.0 Å². The van der Waals surface area contributed by atoms with Crippen molar-refractivity contribution in [2.24, 2.45) is 0 Å². The first kappa shape index (κ1) is 23.3. The van der Waals surface area contributed by atoms with Crippen molar-refractivity contribution in [3.05, 3.63) is 52.2 Å². The van der Waals surface area contributed by atoms with Crippen LogP contribution in [0, 0.1) is 10.1 Å². The second-order valence-corrected chi connectivity index (χ2v) is 7.17. The van der Waals surface area contributed by atoms with Crippen LogP contribution < -0.4 is 15.0 Å². The van der Waals surface area contributed by atoms with Gasteiger partial charge in [0.25, 0.3) is 5.69 Å². The minimum atomic E-state index is -4.42. The summed E-state index contributed by atoms with van der Waals surface area (Å²) in [6, 6.07) is 6.33. The predicted octanol–water partition coefficient (Wildman–Crippen LogP) is 3.17. The topological polar surface area (TPSA) is 101 Å². The highest BCUT2D eigenvalue weighted by atomic mass is 19.4. The lowest BCUT2D eigenvalue weighted by Gasteiger charge is -2.35. The van der Waals surface area contributed by atoms with Crippen LogP contribution in [0.15, 0.2) is 36.5 Å². The van der Waals surface area contributed by atoms with E-state index in [1.165, 1.54) is 31.4 Å². The second-order valence-electron chi connectivity index (χ2n) is 7.17. The Kier molecular flexibility index (Phi) is 7.13. The van der Waals surface area contributed by atoms with Gasteiger partial charge >= 0.3 is 6.18 Å². The zero-order valence-electron chi connectivity index (χ0n) is 17.3. The molecule has 1 N–H and O–H groups in total. The number of carbonyl (C=O) groups excluding carboxylic acids is 1. The number of hydrogen-bond acceptors (Lipinski definition) is 7. The van der Waals surface area contributed by atoms with Gasteiger partial charge in [-0.3, -0.25) is 19.8 Å². The number of halogens is 3. The van der Waals surface area contributed by atoms with E-state index in [1.54, 1.807) is 0 Å². The van der Waals surface area contributed by atoms with Crippen LogP contribution in [0.1, 0.15) is 12.0 Å². The first-order valence-electron chi connectivity index (χ1n) is 9.80. The molecule has 0 unspecified atom stereocenters. The monoisotopic (exact) mass is 453 g/mol. The van der Waals surface area contributed by atoms with Crippen LogP contribution in [0.3, 0.4) is 0 Å². The van der Waals surface area contributed by atoms with Crippen molar-refractivity contribution in [3.63, 3.8) is 0 Å². The Bertz CT molecular complexity index is 961. The lowest BCUT2D eigenvalue weighted by Crippen LogP contribution is -2.47. The average Bonchev–Trinajstić information content (AvgIpc) is 2.77. The third kappa shape index (κ3) is 5.84. The molecule has 9 nitrogen and oxygen atoms in total. The van der Waals surface area contributed by atoms with E-state index >= 15 is 0 Å². The van der Waals surface area contributed by atoms with Gasteiger partial charge in [0.15, 0.2) is 0 Å². The van der Waals surface area contributed by atoms with E-state index in [4.69, 9.17) is 4.74 Å². The van der Waals surface area contributed by atoms with Crippen molar-refractivity contribution in [1.29, 1.82) is 0 Å². The Balaban J connectivity index is 1.48. The molecule has 0 bridgehead atoms. The molecule has 1 aliphatic rings. The van der Waals surface area contributed by atoms with Gasteiger partial charge in [-0.2, -0.15) is 13.2 Å². The Labute approximate surface area is 181 Å². The number of non-ortho nitro benzene ring substituents is 1. The number of nitro benzene ring substituents is 1. The van der Waals surface area contributed by atoms with Gasteiger partial charge < -0.3 is 15.0 Å². The molecular formula is C20H22F3N5O4. The van der Waals surface area contributed by atoms with Gasteiger partial charge in [0.2, 0.25) is 5.91 Å². The molecule has 1 aromatic carbocycles. The third-order valence-electron chi connectivity index (χ3n) is 5.09. The molecule has 1 saturated heterocycles. The van der Waals surface area contributed by atoms with Gasteiger partial charge in [0, 0.05) is 57.5 Å². The number of nitrogens with zero attached hydrogens (tertiary/aromatic N) is 4. The Hall–Kier alpha value is -3.41. The Morgan fingerprint density at radius 1 is 1.22 bits per heavy atom. The molecule has 3 rings (SSSR count). The van der Waals surface area contributed by atoms with Crippen molar-refractivity contribution < 1.29 is 27.6 Å². The largest absolute Gasteiger partial charge is 0.495 e. The average molecular weight is 453 g/mol. The van der Waals surface area contributed by atoms with Gasteiger partial charge in [0.1, 0.15) is 11.6 Å². The second kappa shape index (κ2) is 9.81. The maximum Gasteiger partial charge on any atom is 0.417 e. The SMILES string of the molecule is COc1ccc([N+](=O)[O-])cc1NC(=O)CCN1CCN(c2ccc(C(F)(F)F)cn2)CC1. The van der Waals surface area contributed by atoms with Gasteiger partial charge in [0.05, 0.1) is 23.3 Å². The fraction of sp³-hybridized carbons (Fsp3) is 0.400. The first-order chi connectivity index (χ1) is 15.2. The molecule has 2 aromatic rings. The molecule has 0 aliphatic carbocycles. The maximum atomic E-state index is 12.7. The van der Waals surface area contributed by atoms with Crippen molar-refractivity contribution in [3.8, 4) is 5.75 Å². The van der Waals surface area contributed by atoms with Crippen LogP contribution in [0.4, 0.5) is 30.4 Å². The highest BCUT2D eigenvalue weighted by Crippen LogP contribution is 2.30. The fourth-order valence-electron chi connectivity index (χ4n) is 3.32. The normalized spacial score (nSPS) is 14.8. The minimum Gasteiger partial charge on any atom is -0.495 e. The molecule has 1 aromatic heterocycles. The van der Waals surface area contributed by atoms with Crippen molar-refractivity contribution in [2.75, 3.05) is 50.1 Å². The number of anilines is 2. The number of pyridine rings is 1. The minimum absolute atomic E-state index is 0.158. The van der Waals surface area contributed by atoms with Gasteiger partial charge in [-0.15, -0.1) is 0 Å². The summed E-state index contributed by atoms with van der Waals surface area (Å²) in [6.45, 7) is 2.85. The van der Waals surface area contributed by atoms with Gasteiger partial charge in [-0.05, 0) is 18.2 Å². The van der Waals surface area contributed by atoms with Crippen molar-refractivity contribution >= 4 is 23.1 Å². The van der Waals surface area contributed by atoms with Crippen LogP contribution in [-0.4, -0.2) is 60.5 Å². The van der Waals surface area contributed by atoms with Crippen LogP contribution >= 0.6 is 0 Å². The van der Waals surface area contributed by atoms with Gasteiger partial charge in [-0.25, -0.2) is 4.98 Å². The van der Waals surface area contributed by atoms with E-state index in [1.807, 2.05) is 4.90 Å². The molecule has 1 aliphatic heterocycles. The van der Waals surface area contributed by atoms with E-state index in [0.717, 1.165) is 12.3 Å². The van der Waals surface area contributed by atoms with E-state index in [9.17, 15) is 28.1 Å². The van der Waals surface area contributed by atoms with Crippen LogP contribution in [0.25, 0.3) is 0 Å². The zero-order chi connectivity index (χ0) is 23.3. The quantitative estimate of drug-likeness (QED) is 0.508. The summed E-state index contributed by atoms with van der Waals surface area (Å²) in [5.74, 6) is 0.491. The van der Waals surface area contributed by atoms with Gasteiger partial charge in [-0.1, -0.05) is 0 Å². The van der Waals surface area contributed by atoms with Crippen molar-refractivity contribution in [2.45, 2.75) is 12.6 Å². The summed E-state index contributed by atoms with van der Waals surface area (Å²) in [5.41, 5.74) is -0.717. The summed E-state index contributed by atoms with van der Waals surface area (Å²) in [4.78, 5) is 30.6. The smallest absolute Gasteiger partial charge is 0.417 e. The molecule has 0 saturated carbocycles. The zero-order valence-corrected chi connectivity index (χ0v) is 17.3. The van der Waals surface area contributed by atoms with Crippen LogP contribution in [0.2, 0.25) is 0 Å². The summed E-state index contributed by atoms with van der Waals surface area (Å²) < 4.78 is 43.1. The highest BCUT2D eigenvalue weighted by Gasteiger charge is 2.31. The summed E-state index contributed by atoms with van der Waals surface area (Å²) >= 11 is 0. The number of nitro groups is 1. The van der Waals surface area contributed by atoms with E-state index in [-0.39, 0.29) is 23.7 Å². The number of rotatable bonds is 7. The number of nitrogens with one attached hydrogen (secondary N) is 1. The van der Waals surface area contributed by atoms with Crippen molar-refractivity contribution in [1.82, 2.24) is 9.88 Å². The number of methoxy groups -OCH3 is 1. The summed E-state index contributed by atoms with van der Waals surface area (Å²) in [5, 5.41) is 13.6. The molecule has 2 heterocycles. The molecule has 172 valence electrons. The number of alkyl halides is 3. The molecular weight excluding hydrogens is 431 g/mol. The highest BCUT2D eigenvalue weighted by molar-refractivity contribution is 5.92. The standard InChI is InChI=1S/C20H22F3N5O4/c1-32-17-4-3-15(28(30)31)12-16(17)25-19(29)6-7-26-8-10-27(11-9-26)18-5-2-14(13-24-18)20(21,22)23/h2-5,12-13H,6-11H2,1H3,(H,25,29).